The highest BCUT2D eigenvalue weighted by atomic mass is 19.1. The minimum Gasteiger partial charge on any atom is -0.488 e. The highest BCUT2D eigenvalue weighted by Crippen LogP contribution is 2.31. The first-order valence-electron chi connectivity index (χ1n) is 10.9. The number of carbonyl (C=O) groups is 1. The van der Waals surface area contributed by atoms with Crippen LogP contribution in [0.4, 0.5) is 4.39 Å². The summed E-state index contributed by atoms with van der Waals surface area (Å²) in [6.45, 7) is 2.99. The summed E-state index contributed by atoms with van der Waals surface area (Å²) in [5.74, 6) is 0.467. The number of benzene rings is 3. The van der Waals surface area contributed by atoms with Crippen molar-refractivity contribution in [2.45, 2.75) is 38.5 Å². The minimum atomic E-state index is -0.291. The number of halogens is 1. The fraction of sp³-hybridized carbons (Fsp3) is 0.296. The van der Waals surface area contributed by atoms with Crippen LogP contribution in [0.25, 0.3) is 11.1 Å². The molecule has 4 rings (SSSR count). The van der Waals surface area contributed by atoms with Gasteiger partial charge in [-0.15, -0.1) is 0 Å². The van der Waals surface area contributed by atoms with Crippen molar-refractivity contribution in [3.05, 3.63) is 89.7 Å². The van der Waals surface area contributed by atoms with Crippen LogP contribution in [0.1, 0.15) is 35.7 Å². The molecular formula is C27H28FNO3. The molecule has 1 aliphatic carbocycles. The van der Waals surface area contributed by atoms with Crippen LogP contribution in [0, 0.1) is 5.82 Å². The molecule has 0 spiro atoms. The van der Waals surface area contributed by atoms with Gasteiger partial charge in [0.05, 0.1) is 6.61 Å². The second-order valence-corrected chi connectivity index (χ2v) is 8.29. The number of carbonyl (C=O) groups excluding carboxylic acids is 1. The molecule has 1 amide bonds. The van der Waals surface area contributed by atoms with E-state index >= 15 is 0 Å². The predicted molar refractivity (Wildman–Crippen MR) is 123 cm³/mol. The average Bonchev–Trinajstić information content (AvgIpc) is 3.63. The van der Waals surface area contributed by atoms with E-state index in [0.717, 1.165) is 35.3 Å². The van der Waals surface area contributed by atoms with Crippen LogP contribution in [0.3, 0.4) is 0 Å². The van der Waals surface area contributed by atoms with E-state index in [4.69, 9.17) is 9.47 Å². The van der Waals surface area contributed by atoms with Gasteiger partial charge in [0.2, 0.25) is 0 Å². The van der Waals surface area contributed by atoms with Crippen molar-refractivity contribution < 1.29 is 18.7 Å². The minimum absolute atomic E-state index is 0.00942. The van der Waals surface area contributed by atoms with Crippen LogP contribution < -0.4 is 4.74 Å². The van der Waals surface area contributed by atoms with Gasteiger partial charge in [-0.25, -0.2) is 4.39 Å². The number of hydrogen-bond donors (Lipinski definition) is 0. The topological polar surface area (TPSA) is 38.8 Å². The zero-order chi connectivity index (χ0) is 22.5. The molecule has 0 radical (unpaired) electrons. The first kappa shape index (κ1) is 22.0. The van der Waals surface area contributed by atoms with Gasteiger partial charge in [-0.2, -0.15) is 0 Å². The zero-order valence-corrected chi connectivity index (χ0v) is 18.5. The molecular weight excluding hydrogens is 405 g/mol. The van der Waals surface area contributed by atoms with Crippen LogP contribution in [0.5, 0.6) is 5.75 Å². The quantitative estimate of drug-likeness (QED) is 0.434. The van der Waals surface area contributed by atoms with Gasteiger partial charge in [0.15, 0.2) is 0 Å². The smallest absolute Gasteiger partial charge is 0.254 e. The van der Waals surface area contributed by atoms with Crippen molar-refractivity contribution in [2.75, 3.05) is 13.7 Å². The maximum Gasteiger partial charge on any atom is 0.254 e. The van der Waals surface area contributed by atoms with Gasteiger partial charge < -0.3 is 14.4 Å². The predicted octanol–water partition coefficient (Wildman–Crippen LogP) is 5.71. The third-order valence-electron chi connectivity index (χ3n) is 5.51. The van der Waals surface area contributed by atoms with Crippen molar-refractivity contribution in [3.63, 3.8) is 0 Å². The third kappa shape index (κ3) is 5.54. The fourth-order valence-corrected chi connectivity index (χ4v) is 3.83. The summed E-state index contributed by atoms with van der Waals surface area (Å²) in [4.78, 5) is 15.4. The molecule has 166 valence electrons. The summed E-state index contributed by atoms with van der Waals surface area (Å²) in [6, 6.07) is 22.0. The van der Waals surface area contributed by atoms with Gasteiger partial charge in [-0.05, 0) is 72.9 Å². The number of ether oxygens (including phenoxy) is 2. The van der Waals surface area contributed by atoms with Crippen molar-refractivity contribution in [1.82, 2.24) is 4.90 Å². The van der Waals surface area contributed by atoms with E-state index in [1.807, 2.05) is 66.4 Å². The Kier molecular flexibility index (Phi) is 6.86. The highest BCUT2D eigenvalue weighted by Gasteiger charge is 2.33. The lowest BCUT2D eigenvalue weighted by Gasteiger charge is -2.23. The molecule has 3 aromatic rings. The lowest BCUT2D eigenvalue weighted by atomic mass is 10.0. The van der Waals surface area contributed by atoms with Gasteiger partial charge in [-0.1, -0.05) is 36.4 Å². The van der Waals surface area contributed by atoms with E-state index in [2.05, 4.69) is 0 Å². The standard InChI is InChI=1S/C27H28FNO3/c1-19(18-31-2)32-26-11-3-6-20(14-26)17-29(25-12-13-25)27(30)23-9-4-7-21(15-23)22-8-5-10-24(28)16-22/h3-11,14-16,19,25H,12-13,17-18H2,1-2H3. The van der Waals surface area contributed by atoms with E-state index in [-0.39, 0.29) is 23.9 Å². The molecule has 1 saturated carbocycles. The van der Waals surface area contributed by atoms with Crippen molar-refractivity contribution >= 4 is 5.91 Å². The molecule has 0 N–H and O–H groups in total. The second-order valence-electron chi connectivity index (χ2n) is 8.29. The number of rotatable bonds is 9. The Balaban J connectivity index is 1.53. The molecule has 3 aromatic carbocycles. The average molecular weight is 434 g/mol. The maximum atomic E-state index is 13.7. The zero-order valence-electron chi connectivity index (χ0n) is 18.5. The van der Waals surface area contributed by atoms with Crippen LogP contribution in [-0.4, -0.2) is 36.7 Å². The van der Waals surface area contributed by atoms with Gasteiger partial charge >= 0.3 is 0 Å². The van der Waals surface area contributed by atoms with Crippen LogP contribution >= 0.6 is 0 Å². The van der Waals surface area contributed by atoms with Crippen molar-refractivity contribution in [1.29, 1.82) is 0 Å². The molecule has 1 aliphatic rings. The summed E-state index contributed by atoms with van der Waals surface area (Å²) in [5, 5.41) is 0. The fourth-order valence-electron chi connectivity index (χ4n) is 3.83. The Morgan fingerprint density at radius 3 is 2.47 bits per heavy atom. The lowest BCUT2D eigenvalue weighted by molar-refractivity contribution is 0.0729. The molecule has 0 aromatic heterocycles. The monoisotopic (exact) mass is 433 g/mol. The molecule has 5 heteroatoms. The summed E-state index contributed by atoms with van der Waals surface area (Å²) < 4.78 is 24.7. The Hall–Kier alpha value is -3.18. The van der Waals surface area contributed by atoms with Gasteiger partial charge in [0.1, 0.15) is 17.7 Å². The highest BCUT2D eigenvalue weighted by molar-refractivity contribution is 5.95. The normalized spacial score (nSPS) is 14.1. The molecule has 0 heterocycles. The summed E-state index contributed by atoms with van der Waals surface area (Å²) in [5.41, 5.74) is 3.22. The summed E-state index contributed by atoms with van der Waals surface area (Å²) in [6.07, 6.45) is 1.97. The molecule has 1 unspecified atom stereocenters. The molecule has 0 saturated heterocycles. The van der Waals surface area contributed by atoms with E-state index in [1.165, 1.54) is 12.1 Å². The van der Waals surface area contributed by atoms with Gasteiger partial charge in [-0.3, -0.25) is 4.79 Å². The number of nitrogens with zero attached hydrogens (tertiary/aromatic N) is 1. The summed E-state index contributed by atoms with van der Waals surface area (Å²) >= 11 is 0. The number of methoxy groups -OCH3 is 1. The Morgan fingerprint density at radius 1 is 1.03 bits per heavy atom. The Morgan fingerprint density at radius 2 is 1.75 bits per heavy atom. The maximum absolute atomic E-state index is 13.7. The molecule has 4 nitrogen and oxygen atoms in total. The van der Waals surface area contributed by atoms with Crippen molar-refractivity contribution in [2.24, 2.45) is 0 Å². The van der Waals surface area contributed by atoms with Gasteiger partial charge in [0, 0.05) is 25.3 Å². The largest absolute Gasteiger partial charge is 0.488 e. The molecule has 1 fully saturated rings. The molecule has 0 aliphatic heterocycles. The molecule has 32 heavy (non-hydrogen) atoms. The number of amides is 1. The van der Waals surface area contributed by atoms with E-state index in [9.17, 15) is 9.18 Å². The van der Waals surface area contributed by atoms with E-state index in [0.29, 0.717) is 18.7 Å². The first-order chi connectivity index (χ1) is 15.5. The number of hydrogen-bond acceptors (Lipinski definition) is 3. The summed E-state index contributed by atoms with van der Waals surface area (Å²) in [7, 11) is 1.65. The van der Waals surface area contributed by atoms with E-state index < -0.39 is 0 Å². The van der Waals surface area contributed by atoms with Crippen LogP contribution in [0.15, 0.2) is 72.8 Å². The van der Waals surface area contributed by atoms with Crippen LogP contribution in [-0.2, 0) is 11.3 Å². The van der Waals surface area contributed by atoms with Crippen LogP contribution in [0.2, 0.25) is 0 Å². The Labute approximate surface area is 188 Å². The van der Waals surface area contributed by atoms with E-state index in [1.54, 1.807) is 13.2 Å². The SMILES string of the molecule is COCC(C)Oc1cccc(CN(C(=O)c2cccc(-c3cccc(F)c3)c2)C2CC2)c1. The third-order valence-corrected chi connectivity index (χ3v) is 5.51. The van der Waals surface area contributed by atoms with Crippen molar-refractivity contribution in [3.8, 4) is 16.9 Å². The van der Waals surface area contributed by atoms with Gasteiger partial charge in [0.25, 0.3) is 5.91 Å². The first-order valence-corrected chi connectivity index (χ1v) is 10.9. The lowest BCUT2D eigenvalue weighted by Crippen LogP contribution is -2.32. The second kappa shape index (κ2) is 9.96. The molecule has 1 atom stereocenters. The molecule has 0 bridgehead atoms. The Bertz CT molecular complexity index is 1080.